The third kappa shape index (κ3) is 4.20. The van der Waals surface area contributed by atoms with Gasteiger partial charge >= 0.3 is 0 Å². The number of hydrogen-bond donors (Lipinski definition) is 2. The van der Waals surface area contributed by atoms with E-state index in [-0.39, 0.29) is 5.91 Å². The van der Waals surface area contributed by atoms with E-state index in [1.807, 2.05) is 49.4 Å². The zero-order chi connectivity index (χ0) is 17.6. The highest BCUT2D eigenvalue weighted by atomic mass is 16.1. The van der Waals surface area contributed by atoms with Crippen LogP contribution in [-0.2, 0) is 6.42 Å². The van der Waals surface area contributed by atoms with Crippen LogP contribution in [0.4, 0.5) is 17.3 Å². The Morgan fingerprint density at radius 2 is 1.80 bits per heavy atom. The first-order valence-corrected chi connectivity index (χ1v) is 8.20. The number of aryl methyl sites for hydroxylation is 2. The van der Waals surface area contributed by atoms with Gasteiger partial charge in [0.05, 0.1) is 5.56 Å². The van der Waals surface area contributed by atoms with Crippen molar-refractivity contribution in [1.82, 2.24) is 9.97 Å². The molecule has 0 aliphatic heterocycles. The second kappa shape index (κ2) is 7.57. The predicted octanol–water partition coefficient (Wildman–Crippen LogP) is 4.34. The number of carbonyl (C=O) groups excluding carboxylic acids is 1. The van der Waals surface area contributed by atoms with Crippen molar-refractivity contribution >= 4 is 23.2 Å². The van der Waals surface area contributed by atoms with E-state index in [1.165, 1.54) is 18.0 Å². The fraction of sp³-hybridized carbons (Fsp3) is 0.150. The fourth-order valence-electron chi connectivity index (χ4n) is 2.51. The smallest absolute Gasteiger partial charge is 0.258 e. The number of amides is 1. The minimum Gasteiger partial charge on any atom is -0.324 e. The summed E-state index contributed by atoms with van der Waals surface area (Å²) in [6, 6.07) is 15.7. The Morgan fingerprint density at radius 3 is 2.52 bits per heavy atom. The van der Waals surface area contributed by atoms with Crippen molar-refractivity contribution in [3.63, 3.8) is 0 Å². The first-order valence-electron chi connectivity index (χ1n) is 8.20. The molecule has 1 aromatic heterocycles. The van der Waals surface area contributed by atoms with Crippen LogP contribution in [0.5, 0.6) is 0 Å². The van der Waals surface area contributed by atoms with Crippen LogP contribution >= 0.6 is 0 Å². The average molecular weight is 332 g/mol. The van der Waals surface area contributed by atoms with Gasteiger partial charge in [0.15, 0.2) is 0 Å². The van der Waals surface area contributed by atoms with E-state index in [9.17, 15) is 4.79 Å². The maximum atomic E-state index is 12.3. The van der Waals surface area contributed by atoms with Crippen LogP contribution in [0, 0.1) is 6.92 Å². The van der Waals surface area contributed by atoms with E-state index in [0.717, 1.165) is 23.4 Å². The van der Waals surface area contributed by atoms with E-state index in [4.69, 9.17) is 0 Å². The second-order valence-electron chi connectivity index (χ2n) is 5.75. The molecule has 25 heavy (non-hydrogen) atoms. The van der Waals surface area contributed by atoms with Gasteiger partial charge in [0.2, 0.25) is 5.95 Å². The Balaban J connectivity index is 1.70. The fourth-order valence-corrected chi connectivity index (χ4v) is 2.51. The van der Waals surface area contributed by atoms with E-state index < -0.39 is 0 Å². The maximum absolute atomic E-state index is 12.3. The number of benzene rings is 2. The molecule has 0 unspecified atom stereocenters. The second-order valence-corrected chi connectivity index (χ2v) is 5.75. The van der Waals surface area contributed by atoms with E-state index in [2.05, 4.69) is 33.6 Å². The molecule has 3 aromatic rings. The molecule has 5 heteroatoms. The van der Waals surface area contributed by atoms with Crippen LogP contribution in [0.2, 0.25) is 0 Å². The molecule has 0 aliphatic rings. The highest BCUT2D eigenvalue weighted by molar-refractivity contribution is 6.03. The number of rotatable bonds is 5. The molecule has 0 bridgehead atoms. The molecule has 0 atom stereocenters. The Kier molecular flexibility index (Phi) is 5.04. The van der Waals surface area contributed by atoms with Gasteiger partial charge in [0.25, 0.3) is 5.91 Å². The van der Waals surface area contributed by atoms with Gasteiger partial charge < -0.3 is 10.6 Å². The van der Waals surface area contributed by atoms with Gasteiger partial charge in [-0.25, -0.2) is 9.97 Å². The molecule has 126 valence electrons. The molecule has 0 aliphatic carbocycles. The minimum atomic E-state index is -0.230. The lowest BCUT2D eigenvalue weighted by Gasteiger charge is -2.10. The summed E-state index contributed by atoms with van der Waals surface area (Å²) in [5, 5.41) is 6.04. The third-order valence-electron chi connectivity index (χ3n) is 3.83. The molecule has 0 fully saturated rings. The summed E-state index contributed by atoms with van der Waals surface area (Å²) in [4.78, 5) is 20.8. The normalized spacial score (nSPS) is 10.3. The van der Waals surface area contributed by atoms with Crippen molar-refractivity contribution in [1.29, 1.82) is 0 Å². The van der Waals surface area contributed by atoms with Gasteiger partial charge in [-0.2, -0.15) is 0 Å². The lowest BCUT2D eigenvalue weighted by Crippen LogP contribution is -2.13. The molecule has 1 amide bonds. The predicted molar refractivity (Wildman–Crippen MR) is 100 cm³/mol. The quantitative estimate of drug-likeness (QED) is 0.729. The highest BCUT2D eigenvalue weighted by Gasteiger charge is 2.08. The molecule has 0 saturated heterocycles. The molecular weight excluding hydrogens is 312 g/mol. The SMILES string of the molecule is CCc1ccccc1Nc1ncc(C(=O)Nc2cccc(C)c2)cn1. The van der Waals surface area contributed by atoms with E-state index >= 15 is 0 Å². The number of nitrogens with zero attached hydrogens (tertiary/aromatic N) is 2. The molecule has 3 rings (SSSR count). The summed E-state index contributed by atoms with van der Waals surface area (Å²) in [6.07, 6.45) is 3.96. The van der Waals surface area contributed by atoms with Gasteiger partial charge in [-0.1, -0.05) is 37.3 Å². The number of anilines is 3. The molecule has 0 radical (unpaired) electrons. The topological polar surface area (TPSA) is 66.9 Å². The van der Waals surface area contributed by atoms with Crippen molar-refractivity contribution in [2.45, 2.75) is 20.3 Å². The van der Waals surface area contributed by atoms with Gasteiger partial charge in [-0.3, -0.25) is 4.79 Å². The lowest BCUT2D eigenvalue weighted by atomic mass is 10.1. The van der Waals surface area contributed by atoms with Crippen molar-refractivity contribution in [3.05, 3.63) is 77.6 Å². The summed E-state index contributed by atoms with van der Waals surface area (Å²) in [7, 11) is 0. The van der Waals surface area contributed by atoms with Gasteiger partial charge in [0, 0.05) is 23.8 Å². The number of hydrogen-bond acceptors (Lipinski definition) is 4. The molecule has 5 nitrogen and oxygen atoms in total. The zero-order valence-electron chi connectivity index (χ0n) is 14.3. The maximum Gasteiger partial charge on any atom is 0.258 e. The van der Waals surface area contributed by atoms with Gasteiger partial charge in [0.1, 0.15) is 0 Å². The summed E-state index contributed by atoms with van der Waals surface area (Å²) in [5.74, 6) is 0.235. The standard InChI is InChI=1S/C20H20N4O/c1-3-15-8-4-5-10-18(15)24-20-21-12-16(13-22-20)19(25)23-17-9-6-7-14(2)11-17/h4-13H,3H2,1-2H3,(H,23,25)(H,21,22,24). The van der Waals surface area contributed by atoms with Crippen molar-refractivity contribution in [3.8, 4) is 0 Å². The average Bonchev–Trinajstić information content (AvgIpc) is 2.63. The number of aromatic nitrogens is 2. The summed E-state index contributed by atoms with van der Waals surface area (Å²) >= 11 is 0. The van der Waals surface area contributed by atoms with Crippen molar-refractivity contribution in [2.75, 3.05) is 10.6 Å². The zero-order valence-corrected chi connectivity index (χ0v) is 14.3. The van der Waals surface area contributed by atoms with Crippen LogP contribution in [0.3, 0.4) is 0 Å². The van der Waals surface area contributed by atoms with E-state index in [1.54, 1.807) is 0 Å². The van der Waals surface area contributed by atoms with E-state index in [0.29, 0.717) is 11.5 Å². The first kappa shape index (κ1) is 16.6. The Bertz CT molecular complexity index is 875. The van der Waals surface area contributed by atoms with Gasteiger partial charge in [-0.15, -0.1) is 0 Å². The highest BCUT2D eigenvalue weighted by Crippen LogP contribution is 2.19. The first-order chi connectivity index (χ1) is 12.2. The summed E-state index contributed by atoms with van der Waals surface area (Å²) in [6.45, 7) is 4.08. The molecule has 0 spiro atoms. The number of nitrogens with one attached hydrogen (secondary N) is 2. The summed E-state index contributed by atoms with van der Waals surface area (Å²) in [5.41, 5.74) is 4.41. The summed E-state index contributed by atoms with van der Waals surface area (Å²) < 4.78 is 0. The van der Waals surface area contributed by atoms with Crippen molar-refractivity contribution < 1.29 is 4.79 Å². The van der Waals surface area contributed by atoms with Crippen LogP contribution in [-0.4, -0.2) is 15.9 Å². The molecule has 2 aromatic carbocycles. The van der Waals surface area contributed by atoms with Gasteiger partial charge in [-0.05, 0) is 42.7 Å². The lowest BCUT2D eigenvalue weighted by molar-refractivity contribution is 0.102. The van der Waals surface area contributed by atoms with Crippen LogP contribution in [0.25, 0.3) is 0 Å². The monoisotopic (exact) mass is 332 g/mol. The number of para-hydroxylation sites is 1. The molecular formula is C20H20N4O. The largest absolute Gasteiger partial charge is 0.324 e. The molecule has 2 N–H and O–H groups in total. The van der Waals surface area contributed by atoms with Crippen LogP contribution in [0.1, 0.15) is 28.4 Å². The minimum absolute atomic E-state index is 0.230. The Morgan fingerprint density at radius 1 is 1.04 bits per heavy atom. The third-order valence-corrected chi connectivity index (χ3v) is 3.83. The molecule has 0 saturated carbocycles. The molecule has 1 heterocycles. The van der Waals surface area contributed by atoms with Crippen LogP contribution in [0.15, 0.2) is 60.9 Å². The Hall–Kier alpha value is -3.21. The van der Waals surface area contributed by atoms with Crippen LogP contribution < -0.4 is 10.6 Å². The number of carbonyl (C=O) groups is 1. The Labute approximate surface area is 147 Å². The van der Waals surface area contributed by atoms with Crippen molar-refractivity contribution in [2.24, 2.45) is 0 Å².